The van der Waals surface area contributed by atoms with Crippen LogP contribution in [0.5, 0.6) is 11.5 Å². The normalized spacial score (nSPS) is 21.2. The van der Waals surface area contributed by atoms with Crippen LogP contribution in [0.25, 0.3) is 0 Å². The van der Waals surface area contributed by atoms with Crippen LogP contribution >= 0.6 is 0 Å². The highest BCUT2D eigenvalue weighted by Crippen LogP contribution is 2.49. The number of benzene rings is 4. The van der Waals surface area contributed by atoms with Gasteiger partial charge in [-0.25, -0.2) is 0 Å². The maximum atomic E-state index is 6.45. The molecule has 0 aliphatic carbocycles. The van der Waals surface area contributed by atoms with E-state index in [1.165, 1.54) is 22.3 Å². The van der Waals surface area contributed by atoms with Crippen molar-refractivity contribution in [3.63, 3.8) is 0 Å². The summed E-state index contributed by atoms with van der Waals surface area (Å²) in [6.45, 7) is 5.63. The van der Waals surface area contributed by atoms with Crippen molar-refractivity contribution < 1.29 is 14.2 Å². The number of hydrogen-bond acceptors (Lipinski definition) is 6. The Balaban J connectivity index is 1.28. The highest BCUT2D eigenvalue weighted by atomic mass is 16.6. The first-order chi connectivity index (χ1) is 20.1. The van der Waals surface area contributed by atoms with Crippen LogP contribution in [0.1, 0.15) is 46.8 Å². The Bertz CT molecular complexity index is 1360. The van der Waals surface area contributed by atoms with Crippen molar-refractivity contribution in [2.45, 2.75) is 43.9 Å². The van der Waals surface area contributed by atoms with E-state index in [4.69, 9.17) is 14.2 Å². The van der Waals surface area contributed by atoms with E-state index in [2.05, 4.69) is 107 Å². The summed E-state index contributed by atoms with van der Waals surface area (Å²) >= 11 is 0. The van der Waals surface area contributed by atoms with E-state index in [0.29, 0.717) is 0 Å². The average molecular weight is 550 g/mol. The molecule has 212 valence electrons. The highest BCUT2D eigenvalue weighted by molar-refractivity contribution is 5.48. The molecular weight excluding hydrogens is 510 g/mol. The van der Waals surface area contributed by atoms with Crippen LogP contribution in [0.15, 0.2) is 103 Å². The SMILES string of the molecule is COc1cccc(OC)c1C1OC1N(Cc1ccc(CNC2(C)CN2)cc1)CC(c1ccccc1)c1ccccc1. The first kappa shape index (κ1) is 27.5. The van der Waals surface area contributed by atoms with Crippen LogP contribution in [0.2, 0.25) is 0 Å². The summed E-state index contributed by atoms with van der Waals surface area (Å²) in [4.78, 5) is 2.46. The first-order valence-corrected chi connectivity index (χ1v) is 14.3. The molecule has 6 heteroatoms. The molecule has 0 spiro atoms. The molecule has 0 aromatic heterocycles. The van der Waals surface area contributed by atoms with E-state index in [1.54, 1.807) is 14.2 Å². The predicted octanol–water partition coefficient (Wildman–Crippen LogP) is 5.84. The molecule has 2 N–H and O–H groups in total. The Hall–Kier alpha value is -3.68. The smallest absolute Gasteiger partial charge is 0.143 e. The fourth-order valence-electron chi connectivity index (χ4n) is 5.57. The van der Waals surface area contributed by atoms with Crippen LogP contribution in [-0.4, -0.2) is 44.1 Å². The van der Waals surface area contributed by atoms with Gasteiger partial charge in [0.05, 0.1) is 25.4 Å². The number of methoxy groups -OCH3 is 2. The summed E-state index contributed by atoms with van der Waals surface area (Å²) < 4.78 is 17.9. The molecule has 2 heterocycles. The van der Waals surface area contributed by atoms with Gasteiger partial charge < -0.3 is 14.2 Å². The average Bonchev–Trinajstić information content (AvgIpc) is 3.96. The molecule has 3 atom stereocenters. The highest BCUT2D eigenvalue weighted by Gasteiger charge is 2.48. The summed E-state index contributed by atoms with van der Waals surface area (Å²) in [5, 5.41) is 6.95. The number of epoxide rings is 1. The van der Waals surface area contributed by atoms with Gasteiger partial charge in [0.15, 0.2) is 0 Å². The zero-order chi connectivity index (χ0) is 28.2. The fraction of sp³-hybridized carbons (Fsp3) is 0.314. The molecule has 0 saturated carbocycles. The molecule has 6 rings (SSSR count). The second-order valence-electron chi connectivity index (χ2n) is 11.2. The van der Waals surface area contributed by atoms with Gasteiger partial charge in [0.25, 0.3) is 0 Å². The Labute approximate surface area is 243 Å². The Morgan fingerprint density at radius 2 is 1.39 bits per heavy atom. The summed E-state index contributed by atoms with van der Waals surface area (Å²) in [6.07, 6.45) is -0.235. The third-order valence-electron chi connectivity index (χ3n) is 8.20. The van der Waals surface area contributed by atoms with Gasteiger partial charge in [-0.1, -0.05) is 91.0 Å². The lowest BCUT2D eigenvalue weighted by atomic mass is 9.90. The summed E-state index contributed by atoms with van der Waals surface area (Å²) in [7, 11) is 3.40. The van der Waals surface area contributed by atoms with Crippen LogP contribution in [0.4, 0.5) is 0 Å². The van der Waals surface area contributed by atoms with Crippen LogP contribution in [0.3, 0.4) is 0 Å². The van der Waals surface area contributed by atoms with E-state index in [1.807, 2.05) is 18.2 Å². The molecule has 0 radical (unpaired) electrons. The minimum absolute atomic E-state index is 0.0806. The lowest BCUT2D eigenvalue weighted by Crippen LogP contribution is -2.32. The minimum atomic E-state index is -0.136. The number of hydrogen-bond donors (Lipinski definition) is 2. The van der Waals surface area contributed by atoms with Crippen molar-refractivity contribution in [2.24, 2.45) is 0 Å². The number of nitrogens with one attached hydrogen (secondary N) is 2. The van der Waals surface area contributed by atoms with Crippen molar-refractivity contribution in [1.82, 2.24) is 15.5 Å². The van der Waals surface area contributed by atoms with Crippen molar-refractivity contribution in [3.05, 3.63) is 131 Å². The third-order valence-corrected chi connectivity index (χ3v) is 8.20. The number of nitrogens with zero attached hydrogens (tertiary/aromatic N) is 1. The standard InChI is InChI=1S/C35H39N3O3/c1-35(24-37-35)36-21-25-17-19-26(20-18-25)22-38(34-33(41-34)32-30(39-2)15-10-16-31(32)40-3)23-29(27-11-6-4-7-12-27)28-13-8-5-9-14-28/h4-20,29,33-34,36-37H,21-24H2,1-3H3. The van der Waals surface area contributed by atoms with E-state index in [0.717, 1.165) is 43.2 Å². The van der Waals surface area contributed by atoms with E-state index < -0.39 is 0 Å². The summed E-state index contributed by atoms with van der Waals surface area (Å²) in [6, 6.07) is 36.4. The van der Waals surface area contributed by atoms with Gasteiger partial charge in [-0.05, 0) is 41.3 Å². The lowest BCUT2D eigenvalue weighted by molar-refractivity contribution is 0.162. The van der Waals surface area contributed by atoms with Gasteiger partial charge in [0.1, 0.15) is 23.8 Å². The maximum Gasteiger partial charge on any atom is 0.143 e. The number of rotatable bonds is 13. The van der Waals surface area contributed by atoms with Gasteiger partial charge in [-0.2, -0.15) is 0 Å². The molecule has 2 aliphatic heterocycles. The molecule has 4 aromatic carbocycles. The van der Waals surface area contributed by atoms with Crippen LogP contribution in [0, 0.1) is 0 Å². The fourth-order valence-corrected chi connectivity index (χ4v) is 5.57. The van der Waals surface area contributed by atoms with Crippen LogP contribution < -0.4 is 20.1 Å². The quantitative estimate of drug-likeness (QED) is 0.204. The van der Waals surface area contributed by atoms with E-state index >= 15 is 0 Å². The number of ether oxygens (including phenoxy) is 3. The van der Waals surface area contributed by atoms with Crippen molar-refractivity contribution in [2.75, 3.05) is 27.3 Å². The van der Waals surface area contributed by atoms with Gasteiger partial charge in [0.2, 0.25) is 0 Å². The van der Waals surface area contributed by atoms with Gasteiger partial charge in [-0.15, -0.1) is 0 Å². The molecule has 0 bridgehead atoms. The van der Waals surface area contributed by atoms with Gasteiger partial charge in [0, 0.05) is 32.1 Å². The Morgan fingerprint density at radius 1 is 0.829 bits per heavy atom. The van der Waals surface area contributed by atoms with Crippen molar-refractivity contribution in [1.29, 1.82) is 0 Å². The van der Waals surface area contributed by atoms with E-state index in [-0.39, 0.29) is 23.9 Å². The van der Waals surface area contributed by atoms with Crippen molar-refractivity contribution >= 4 is 0 Å². The zero-order valence-corrected chi connectivity index (χ0v) is 24.0. The first-order valence-electron chi connectivity index (χ1n) is 14.3. The van der Waals surface area contributed by atoms with Gasteiger partial charge in [-0.3, -0.25) is 15.5 Å². The third kappa shape index (κ3) is 6.47. The molecular formula is C35H39N3O3. The largest absolute Gasteiger partial charge is 0.496 e. The van der Waals surface area contributed by atoms with E-state index in [9.17, 15) is 0 Å². The van der Waals surface area contributed by atoms with Crippen LogP contribution in [-0.2, 0) is 17.8 Å². The maximum absolute atomic E-state index is 6.45. The molecule has 0 amide bonds. The minimum Gasteiger partial charge on any atom is -0.496 e. The second kappa shape index (κ2) is 12.0. The second-order valence-corrected chi connectivity index (χ2v) is 11.2. The predicted molar refractivity (Wildman–Crippen MR) is 162 cm³/mol. The summed E-state index contributed by atoms with van der Waals surface area (Å²) in [5.74, 6) is 1.77. The van der Waals surface area contributed by atoms with Gasteiger partial charge >= 0.3 is 0 Å². The lowest BCUT2D eigenvalue weighted by Gasteiger charge is -2.28. The molecule has 3 unspecified atom stereocenters. The molecule has 2 aliphatic rings. The summed E-state index contributed by atoms with van der Waals surface area (Å²) in [5.41, 5.74) is 6.16. The zero-order valence-electron chi connectivity index (χ0n) is 24.0. The molecule has 2 saturated heterocycles. The molecule has 6 nitrogen and oxygen atoms in total. The van der Waals surface area contributed by atoms with Crippen molar-refractivity contribution in [3.8, 4) is 11.5 Å². The monoisotopic (exact) mass is 549 g/mol. The Kier molecular flexibility index (Phi) is 8.08. The molecule has 2 fully saturated rings. The topological polar surface area (TPSA) is 68.2 Å². The molecule has 4 aromatic rings. The Morgan fingerprint density at radius 3 is 1.93 bits per heavy atom. The molecule has 41 heavy (non-hydrogen) atoms.